The van der Waals surface area contributed by atoms with E-state index >= 15 is 0 Å². The zero-order chi connectivity index (χ0) is 13.5. The molecule has 1 aromatic rings. The van der Waals surface area contributed by atoms with Crippen LogP contribution in [0.1, 0.15) is 32.4 Å². The highest BCUT2D eigenvalue weighted by molar-refractivity contribution is 5.78. The second kappa shape index (κ2) is 7.01. The summed E-state index contributed by atoms with van der Waals surface area (Å²) < 4.78 is 5.60. The van der Waals surface area contributed by atoms with E-state index in [4.69, 9.17) is 10.5 Å². The number of benzene rings is 1. The Balaban J connectivity index is 2.56. The SMILES string of the molecule is CC(C)COc1ccc(C(C)NC(=O)CN)cc1. The van der Waals surface area contributed by atoms with Gasteiger partial charge in [0, 0.05) is 0 Å². The van der Waals surface area contributed by atoms with E-state index in [9.17, 15) is 4.79 Å². The smallest absolute Gasteiger partial charge is 0.234 e. The van der Waals surface area contributed by atoms with Crippen LogP contribution in [-0.4, -0.2) is 19.1 Å². The molecule has 1 rings (SSSR count). The maximum atomic E-state index is 11.2. The molecule has 100 valence electrons. The van der Waals surface area contributed by atoms with Crippen LogP contribution in [0, 0.1) is 5.92 Å². The predicted molar refractivity (Wildman–Crippen MR) is 72.4 cm³/mol. The molecule has 0 heterocycles. The van der Waals surface area contributed by atoms with Crippen LogP contribution in [0.4, 0.5) is 0 Å². The van der Waals surface area contributed by atoms with E-state index < -0.39 is 0 Å². The molecule has 0 aromatic heterocycles. The molecule has 4 heteroatoms. The van der Waals surface area contributed by atoms with Gasteiger partial charge in [0.25, 0.3) is 0 Å². The normalized spacial score (nSPS) is 12.3. The van der Waals surface area contributed by atoms with Gasteiger partial charge in [0.1, 0.15) is 5.75 Å². The van der Waals surface area contributed by atoms with E-state index in [1.54, 1.807) is 0 Å². The van der Waals surface area contributed by atoms with Gasteiger partial charge in [-0.3, -0.25) is 4.79 Å². The standard InChI is InChI=1S/C14H22N2O2/c1-10(2)9-18-13-6-4-12(5-7-13)11(3)16-14(17)8-15/h4-7,10-11H,8-9,15H2,1-3H3,(H,16,17). The largest absolute Gasteiger partial charge is 0.493 e. The molecule has 0 radical (unpaired) electrons. The molecule has 0 saturated heterocycles. The second-order valence-electron chi connectivity index (χ2n) is 4.77. The minimum Gasteiger partial charge on any atom is -0.493 e. The van der Waals surface area contributed by atoms with E-state index in [1.807, 2.05) is 31.2 Å². The van der Waals surface area contributed by atoms with Gasteiger partial charge in [0.15, 0.2) is 0 Å². The fourth-order valence-electron chi connectivity index (χ4n) is 1.50. The molecule has 1 atom stereocenters. The summed E-state index contributed by atoms with van der Waals surface area (Å²) in [6.45, 7) is 6.87. The minimum absolute atomic E-state index is 0.0138. The zero-order valence-corrected chi connectivity index (χ0v) is 11.3. The molecule has 0 saturated carbocycles. The average molecular weight is 250 g/mol. The molecule has 4 nitrogen and oxygen atoms in total. The number of hydrogen-bond acceptors (Lipinski definition) is 3. The van der Waals surface area contributed by atoms with E-state index in [-0.39, 0.29) is 18.5 Å². The fraction of sp³-hybridized carbons (Fsp3) is 0.500. The first-order valence-electron chi connectivity index (χ1n) is 6.25. The van der Waals surface area contributed by atoms with Crippen LogP contribution in [0.15, 0.2) is 24.3 Å². The minimum atomic E-state index is -0.150. The summed E-state index contributed by atoms with van der Waals surface area (Å²) in [6, 6.07) is 7.71. The summed E-state index contributed by atoms with van der Waals surface area (Å²) >= 11 is 0. The Kier molecular flexibility index (Phi) is 5.65. The second-order valence-corrected chi connectivity index (χ2v) is 4.77. The van der Waals surface area contributed by atoms with Crippen molar-refractivity contribution in [3.63, 3.8) is 0 Å². The van der Waals surface area contributed by atoms with Crippen molar-refractivity contribution in [3.8, 4) is 5.75 Å². The molecule has 18 heavy (non-hydrogen) atoms. The number of nitrogens with one attached hydrogen (secondary N) is 1. The van der Waals surface area contributed by atoms with Crippen molar-refractivity contribution in [2.45, 2.75) is 26.8 Å². The fourth-order valence-corrected chi connectivity index (χ4v) is 1.50. The third-order valence-electron chi connectivity index (χ3n) is 2.53. The Bertz CT molecular complexity index is 374. The van der Waals surface area contributed by atoms with Crippen LogP contribution in [0.25, 0.3) is 0 Å². The van der Waals surface area contributed by atoms with E-state index in [2.05, 4.69) is 19.2 Å². The molecule has 1 unspecified atom stereocenters. The van der Waals surface area contributed by atoms with E-state index in [1.165, 1.54) is 0 Å². The van der Waals surface area contributed by atoms with Crippen molar-refractivity contribution in [2.24, 2.45) is 11.7 Å². The first-order chi connectivity index (χ1) is 8.52. The molecular weight excluding hydrogens is 228 g/mol. The van der Waals surface area contributed by atoms with Crippen molar-refractivity contribution in [1.82, 2.24) is 5.32 Å². The van der Waals surface area contributed by atoms with Crippen LogP contribution in [0.2, 0.25) is 0 Å². The lowest BCUT2D eigenvalue weighted by Gasteiger charge is -2.14. The number of rotatable bonds is 6. The van der Waals surface area contributed by atoms with Gasteiger partial charge in [-0.15, -0.1) is 0 Å². The van der Waals surface area contributed by atoms with E-state index in [0.717, 1.165) is 11.3 Å². The van der Waals surface area contributed by atoms with Gasteiger partial charge in [0.05, 0.1) is 19.2 Å². The monoisotopic (exact) mass is 250 g/mol. The molecule has 1 aromatic carbocycles. The summed E-state index contributed by atoms with van der Waals surface area (Å²) in [6.07, 6.45) is 0. The van der Waals surface area contributed by atoms with Gasteiger partial charge in [-0.1, -0.05) is 26.0 Å². The lowest BCUT2D eigenvalue weighted by molar-refractivity contribution is -0.120. The number of ether oxygens (including phenoxy) is 1. The Labute approximate surface area is 109 Å². The van der Waals surface area contributed by atoms with Gasteiger partial charge in [-0.05, 0) is 30.5 Å². The van der Waals surface area contributed by atoms with Gasteiger partial charge in [-0.25, -0.2) is 0 Å². The maximum absolute atomic E-state index is 11.2. The summed E-state index contributed by atoms with van der Waals surface area (Å²) in [7, 11) is 0. The van der Waals surface area contributed by atoms with Crippen molar-refractivity contribution in [2.75, 3.05) is 13.2 Å². The van der Waals surface area contributed by atoms with Crippen molar-refractivity contribution >= 4 is 5.91 Å². The maximum Gasteiger partial charge on any atom is 0.234 e. The van der Waals surface area contributed by atoms with Crippen molar-refractivity contribution in [1.29, 1.82) is 0 Å². The van der Waals surface area contributed by atoms with Gasteiger partial charge in [0.2, 0.25) is 5.91 Å². The quantitative estimate of drug-likeness (QED) is 0.810. The molecule has 0 spiro atoms. The van der Waals surface area contributed by atoms with Crippen LogP contribution >= 0.6 is 0 Å². The van der Waals surface area contributed by atoms with E-state index in [0.29, 0.717) is 12.5 Å². The lowest BCUT2D eigenvalue weighted by Crippen LogP contribution is -2.32. The predicted octanol–water partition coefficient (Wildman–Crippen LogP) is 1.86. The molecule has 3 N–H and O–H groups in total. The first kappa shape index (κ1) is 14.5. The summed E-state index contributed by atoms with van der Waals surface area (Å²) in [5.41, 5.74) is 6.29. The number of amides is 1. The average Bonchev–Trinajstić information content (AvgIpc) is 2.36. The number of carbonyl (C=O) groups excluding carboxylic acids is 1. The van der Waals surface area contributed by atoms with Crippen LogP contribution in [0.5, 0.6) is 5.75 Å². The first-order valence-corrected chi connectivity index (χ1v) is 6.25. The zero-order valence-electron chi connectivity index (χ0n) is 11.3. The Morgan fingerprint density at radius 3 is 2.39 bits per heavy atom. The summed E-state index contributed by atoms with van der Waals surface area (Å²) in [5.74, 6) is 1.21. The highest BCUT2D eigenvalue weighted by Crippen LogP contribution is 2.18. The molecule has 0 fully saturated rings. The van der Waals surface area contributed by atoms with Crippen LogP contribution < -0.4 is 15.8 Å². The molecule has 0 bridgehead atoms. The van der Waals surface area contributed by atoms with Crippen LogP contribution in [-0.2, 0) is 4.79 Å². The Hall–Kier alpha value is -1.55. The molecular formula is C14H22N2O2. The van der Waals surface area contributed by atoms with Crippen LogP contribution in [0.3, 0.4) is 0 Å². The Morgan fingerprint density at radius 1 is 1.28 bits per heavy atom. The lowest BCUT2D eigenvalue weighted by atomic mass is 10.1. The topological polar surface area (TPSA) is 64.3 Å². The van der Waals surface area contributed by atoms with Crippen molar-refractivity contribution < 1.29 is 9.53 Å². The highest BCUT2D eigenvalue weighted by atomic mass is 16.5. The highest BCUT2D eigenvalue weighted by Gasteiger charge is 2.08. The summed E-state index contributed by atoms with van der Waals surface area (Å²) in [4.78, 5) is 11.2. The molecule has 0 aliphatic heterocycles. The Morgan fingerprint density at radius 2 is 1.89 bits per heavy atom. The number of nitrogens with two attached hydrogens (primary N) is 1. The number of hydrogen-bond donors (Lipinski definition) is 2. The van der Waals surface area contributed by atoms with Gasteiger partial charge in [-0.2, -0.15) is 0 Å². The van der Waals surface area contributed by atoms with Crippen molar-refractivity contribution in [3.05, 3.63) is 29.8 Å². The van der Waals surface area contributed by atoms with Gasteiger partial charge >= 0.3 is 0 Å². The van der Waals surface area contributed by atoms with Gasteiger partial charge < -0.3 is 15.8 Å². The third-order valence-corrected chi connectivity index (χ3v) is 2.53. The molecule has 0 aliphatic rings. The summed E-state index contributed by atoms with van der Waals surface area (Å²) in [5, 5.41) is 2.81. The molecule has 0 aliphatic carbocycles. The third kappa shape index (κ3) is 4.75. The molecule has 1 amide bonds. The number of carbonyl (C=O) groups is 1.